The number of aromatic hydroxyl groups is 1. The third kappa shape index (κ3) is 5.50. The number of halogens is 1. The Hall–Kier alpha value is -4.83. The van der Waals surface area contributed by atoms with Crippen LogP contribution in [0.25, 0.3) is 10.8 Å². The molecule has 2 unspecified atom stereocenters. The van der Waals surface area contributed by atoms with Crippen LogP contribution in [0.3, 0.4) is 0 Å². The number of ether oxygens (including phenoxy) is 1. The van der Waals surface area contributed by atoms with Crippen LogP contribution in [0.1, 0.15) is 38.8 Å². The molecule has 2 aliphatic heterocycles. The lowest BCUT2D eigenvalue weighted by Gasteiger charge is -2.36. The van der Waals surface area contributed by atoms with Crippen molar-refractivity contribution in [2.24, 2.45) is 10.2 Å². The molecule has 4 aromatic rings. The van der Waals surface area contributed by atoms with Crippen LogP contribution in [0.15, 0.2) is 75.4 Å². The average molecular weight is 671 g/mol. The highest BCUT2D eigenvalue weighted by molar-refractivity contribution is 9.10. The third-order valence-corrected chi connectivity index (χ3v) is 8.63. The number of hydrogen-bond donors (Lipinski definition) is 3. The zero-order chi connectivity index (χ0) is 31.8. The Kier molecular flexibility index (Phi) is 8.24. The molecule has 11 nitrogen and oxygen atoms in total. The van der Waals surface area contributed by atoms with Crippen LogP contribution < -0.4 is 9.64 Å². The maximum absolute atomic E-state index is 12.9. The number of carbonyl (C=O) groups excluding carboxylic acids is 2. The molecular weight excluding hydrogens is 642 g/mol. The number of rotatable bonds is 8. The molecule has 0 saturated heterocycles. The van der Waals surface area contributed by atoms with E-state index in [1.165, 1.54) is 12.1 Å². The third-order valence-electron chi connectivity index (χ3n) is 7.86. The summed E-state index contributed by atoms with van der Waals surface area (Å²) < 4.78 is 5.90. The standard InChI is InChI=1S/C33H28BrN5O6/c1-2-39-32(43)24-12-19(14-35)30(29(34)28(24)33(39)44)37-36-25-13-18-11-20(40)15-38(31(18)23-9-6-10-26(42)27(23)25)16-21(41)17-45-22-7-4-3-5-8-22/h3-10,12-13,20-21,40-42H,2,11,15-17H2,1H3/b37-36+. The minimum atomic E-state index is -0.880. The van der Waals surface area contributed by atoms with Gasteiger partial charge in [-0.05, 0) is 58.7 Å². The number of amides is 2. The van der Waals surface area contributed by atoms with Crippen LogP contribution >= 0.6 is 15.9 Å². The van der Waals surface area contributed by atoms with Crippen LogP contribution in [0.4, 0.5) is 17.1 Å². The SMILES string of the molecule is CCN1C(=O)c2cc(C#N)c(/N=N/c3cc4c(c5cccc(O)c35)N(CC(O)COc3ccccc3)CC(O)C4)c(Br)c2C1=O. The number of aliphatic hydroxyl groups is 2. The van der Waals surface area contributed by atoms with Gasteiger partial charge in [0.15, 0.2) is 0 Å². The van der Waals surface area contributed by atoms with Crippen molar-refractivity contribution in [2.45, 2.75) is 25.6 Å². The van der Waals surface area contributed by atoms with Gasteiger partial charge in [0, 0.05) is 37.1 Å². The van der Waals surface area contributed by atoms with E-state index >= 15 is 0 Å². The number of para-hydroxylation sites is 1. The van der Waals surface area contributed by atoms with Crippen molar-refractivity contribution in [2.75, 3.05) is 31.1 Å². The fourth-order valence-electron chi connectivity index (χ4n) is 5.90. The normalized spacial score (nSPS) is 16.6. The fraction of sp³-hybridized carbons (Fsp3) is 0.242. The van der Waals surface area contributed by atoms with E-state index in [1.54, 1.807) is 31.2 Å². The minimum absolute atomic E-state index is 0.0441. The summed E-state index contributed by atoms with van der Waals surface area (Å²) in [4.78, 5) is 28.7. The first-order valence-electron chi connectivity index (χ1n) is 14.3. The molecule has 0 aliphatic carbocycles. The molecule has 0 radical (unpaired) electrons. The Balaban J connectivity index is 1.39. The monoisotopic (exact) mass is 669 g/mol. The number of hydrogen-bond acceptors (Lipinski definition) is 10. The molecule has 6 rings (SSSR count). The van der Waals surface area contributed by atoms with Crippen molar-refractivity contribution in [1.82, 2.24) is 4.90 Å². The van der Waals surface area contributed by atoms with Gasteiger partial charge < -0.3 is 25.0 Å². The number of imide groups is 1. The highest BCUT2D eigenvalue weighted by Crippen LogP contribution is 2.45. The van der Waals surface area contributed by atoms with Gasteiger partial charge in [-0.3, -0.25) is 14.5 Å². The fourth-order valence-corrected chi connectivity index (χ4v) is 6.58. The van der Waals surface area contributed by atoms with Gasteiger partial charge in [0.2, 0.25) is 0 Å². The number of carbonyl (C=O) groups is 2. The first kappa shape index (κ1) is 30.2. The molecule has 45 heavy (non-hydrogen) atoms. The van der Waals surface area contributed by atoms with Crippen LogP contribution in [0.5, 0.6) is 11.5 Å². The number of phenolic OH excluding ortho intramolecular Hbond substituents is 1. The summed E-state index contributed by atoms with van der Waals surface area (Å²) in [5.74, 6) is -0.401. The van der Waals surface area contributed by atoms with Gasteiger partial charge in [0.25, 0.3) is 11.8 Å². The maximum atomic E-state index is 12.9. The van der Waals surface area contributed by atoms with Crippen molar-refractivity contribution in [3.8, 4) is 17.6 Å². The van der Waals surface area contributed by atoms with Crippen LogP contribution in [0, 0.1) is 11.3 Å². The molecule has 2 aliphatic rings. The summed E-state index contributed by atoms with van der Waals surface area (Å²) in [6.07, 6.45) is -1.32. The topological polar surface area (TPSA) is 159 Å². The van der Waals surface area contributed by atoms with Crippen molar-refractivity contribution in [3.63, 3.8) is 0 Å². The van der Waals surface area contributed by atoms with Crippen molar-refractivity contribution in [1.29, 1.82) is 5.26 Å². The van der Waals surface area contributed by atoms with Crippen LogP contribution in [0.2, 0.25) is 0 Å². The molecule has 0 aromatic heterocycles. The van der Waals surface area contributed by atoms with Crippen molar-refractivity contribution < 1.29 is 29.6 Å². The van der Waals surface area contributed by atoms with E-state index in [0.29, 0.717) is 22.9 Å². The Labute approximate surface area is 266 Å². The molecule has 3 N–H and O–H groups in total. The number of β-amino-alcohol motifs (C(OH)–C–C–N with tert-alkyl or cyclic N) is 2. The molecule has 0 fully saturated rings. The summed E-state index contributed by atoms with van der Waals surface area (Å²) in [7, 11) is 0. The molecule has 0 bridgehead atoms. The van der Waals surface area contributed by atoms with E-state index < -0.39 is 24.0 Å². The second-order valence-corrected chi connectivity index (χ2v) is 11.6. The number of fused-ring (bicyclic) bond motifs is 4. The summed E-state index contributed by atoms with van der Waals surface area (Å²) in [6.45, 7) is 2.33. The smallest absolute Gasteiger partial charge is 0.262 e. The molecule has 0 spiro atoms. The van der Waals surface area contributed by atoms with Gasteiger partial charge in [-0.25, -0.2) is 0 Å². The number of phenols is 1. The second-order valence-electron chi connectivity index (χ2n) is 10.8. The number of benzene rings is 4. The largest absolute Gasteiger partial charge is 0.507 e. The molecule has 228 valence electrons. The molecule has 2 amide bonds. The Morgan fingerprint density at radius 1 is 1.11 bits per heavy atom. The lowest BCUT2D eigenvalue weighted by molar-refractivity contribution is 0.0662. The zero-order valence-corrected chi connectivity index (χ0v) is 25.7. The highest BCUT2D eigenvalue weighted by Gasteiger charge is 2.38. The summed E-state index contributed by atoms with van der Waals surface area (Å²) in [5.41, 5.74) is 2.09. The quantitative estimate of drug-likeness (QED) is 0.167. The van der Waals surface area contributed by atoms with Crippen molar-refractivity contribution >= 4 is 55.6 Å². The molecule has 2 heterocycles. The number of azo groups is 1. The van der Waals surface area contributed by atoms with Crippen LogP contribution in [-0.4, -0.2) is 70.5 Å². The Morgan fingerprint density at radius 3 is 2.62 bits per heavy atom. The zero-order valence-electron chi connectivity index (χ0n) is 24.1. The predicted octanol–water partition coefficient (Wildman–Crippen LogP) is 5.37. The van der Waals surface area contributed by atoms with E-state index in [4.69, 9.17) is 4.74 Å². The maximum Gasteiger partial charge on any atom is 0.262 e. The number of nitrogens with zero attached hydrogens (tertiary/aromatic N) is 5. The average Bonchev–Trinajstić information content (AvgIpc) is 3.27. The minimum Gasteiger partial charge on any atom is -0.507 e. The molecule has 4 aromatic carbocycles. The number of aliphatic hydroxyl groups excluding tert-OH is 2. The van der Waals surface area contributed by atoms with Gasteiger partial charge in [0.05, 0.1) is 38.3 Å². The second kappa shape index (κ2) is 12.3. The van der Waals surface area contributed by atoms with Gasteiger partial charge in [-0.15, -0.1) is 10.2 Å². The molecule has 12 heteroatoms. The van der Waals surface area contributed by atoms with Gasteiger partial charge in [0.1, 0.15) is 36.0 Å². The Bertz CT molecular complexity index is 1910. The van der Waals surface area contributed by atoms with Gasteiger partial charge in [-0.1, -0.05) is 30.3 Å². The van der Waals surface area contributed by atoms with E-state index in [1.807, 2.05) is 35.2 Å². The predicted molar refractivity (Wildman–Crippen MR) is 170 cm³/mol. The first-order valence-corrected chi connectivity index (χ1v) is 15.1. The number of nitriles is 1. The van der Waals surface area contributed by atoms with E-state index in [2.05, 4.69) is 26.2 Å². The van der Waals surface area contributed by atoms with Gasteiger partial charge >= 0.3 is 0 Å². The molecule has 0 saturated carbocycles. The lowest BCUT2D eigenvalue weighted by Crippen LogP contribution is -2.44. The summed E-state index contributed by atoms with van der Waals surface area (Å²) in [5, 5.41) is 52.3. The van der Waals surface area contributed by atoms with Crippen LogP contribution in [-0.2, 0) is 6.42 Å². The van der Waals surface area contributed by atoms with E-state index in [0.717, 1.165) is 16.2 Å². The van der Waals surface area contributed by atoms with E-state index in [9.17, 15) is 30.2 Å². The molecule has 2 atom stereocenters. The Morgan fingerprint density at radius 2 is 1.89 bits per heavy atom. The lowest BCUT2D eigenvalue weighted by atomic mass is 9.93. The first-order chi connectivity index (χ1) is 21.7. The summed E-state index contributed by atoms with van der Waals surface area (Å²) in [6, 6.07) is 19.3. The van der Waals surface area contributed by atoms with Gasteiger partial charge in [-0.2, -0.15) is 5.26 Å². The van der Waals surface area contributed by atoms with Crippen molar-refractivity contribution in [3.05, 3.63) is 87.4 Å². The molecular formula is C33H28BrN5O6. The van der Waals surface area contributed by atoms with E-state index in [-0.39, 0.29) is 64.5 Å². The highest BCUT2D eigenvalue weighted by atomic mass is 79.9. The number of anilines is 1. The summed E-state index contributed by atoms with van der Waals surface area (Å²) >= 11 is 3.38.